The summed E-state index contributed by atoms with van der Waals surface area (Å²) >= 11 is 1.76. The van der Waals surface area contributed by atoms with Crippen LogP contribution in [-0.2, 0) is 6.42 Å². The third-order valence-electron chi connectivity index (χ3n) is 3.34. The second-order valence-electron chi connectivity index (χ2n) is 4.96. The Morgan fingerprint density at radius 1 is 1.19 bits per heavy atom. The molecule has 2 heterocycles. The van der Waals surface area contributed by atoms with Crippen LogP contribution in [0, 0.1) is 0 Å². The summed E-state index contributed by atoms with van der Waals surface area (Å²) in [6, 6.07) is 8.49. The predicted octanol–water partition coefficient (Wildman–Crippen LogP) is 3.37. The second-order valence-corrected chi connectivity index (χ2v) is 6.07. The van der Waals surface area contributed by atoms with Crippen LogP contribution in [0.5, 0.6) is 0 Å². The molecular weight excluding hydrogens is 280 g/mol. The monoisotopic (exact) mass is 298 g/mol. The molecule has 3 aromatic rings. The number of para-hydroxylation sites is 1. The summed E-state index contributed by atoms with van der Waals surface area (Å²) in [6.07, 6.45) is 7.30. The van der Waals surface area contributed by atoms with Crippen LogP contribution in [0.4, 0.5) is 0 Å². The summed E-state index contributed by atoms with van der Waals surface area (Å²) in [5.74, 6) is 0. The minimum absolute atomic E-state index is 0.215. The molecule has 108 valence electrons. The average Bonchev–Trinajstić information content (AvgIpc) is 2.94. The van der Waals surface area contributed by atoms with E-state index < -0.39 is 0 Å². The zero-order chi connectivity index (χ0) is 14.5. The number of nitrogens with one attached hydrogen (secondary N) is 1. The van der Waals surface area contributed by atoms with E-state index in [0.29, 0.717) is 0 Å². The Bertz CT molecular complexity index is 663. The zero-order valence-corrected chi connectivity index (χ0v) is 12.8. The van der Waals surface area contributed by atoms with Crippen molar-refractivity contribution in [1.29, 1.82) is 0 Å². The summed E-state index contributed by atoms with van der Waals surface area (Å²) in [6.45, 7) is 3.15. The maximum absolute atomic E-state index is 4.72. The molecule has 0 amide bonds. The van der Waals surface area contributed by atoms with Gasteiger partial charge in [0.1, 0.15) is 6.33 Å². The average molecular weight is 298 g/mol. The van der Waals surface area contributed by atoms with E-state index in [2.05, 4.69) is 40.4 Å². The van der Waals surface area contributed by atoms with Gasteiger partial charge in [-0.3, -0.25) is 0 Å². The SMILES string of the molecule is CCCNC(Cc1nc2ccccc2s1)c1cncnc1. The van der Waals surface area contributed by atoms with E-state index in [9.17, 15) is 0 Å². The lowest BCUT2D eigenvalue weighted by atomic mass is 10.1. The molecule has 0 bridgehead atoms. The third-order valence-corrected chi connectivity index (χ3v) is 4.40. The van der Waals surface area contributed by atoms with Crippen LogP contribution in [-0.4, -0.2) is 21.5 Å². The number of thiazole rings is 1. The molecule has 1 aromatic carbocycles. The first-order valence-corrected chi connectivity index (χ1v) is 8.01. The van der Waals surface area contributed by atoms with Crippen LogP contribution in [0.3, 0.4) is 0 Å². The van der Waals surface area contributed by atoms with E-state index in [1.54, 1.807) is 17.7 Å². The molecule has 2 aromatic heterocycles. The number of hydrogen-bond donors (Lipinski definition) is 1. The van der Waals surface area contributed by atoms with Crippen molar-refractivity contribution in [2.75, 3.05) is 6.54 Å². The Morgan fingerprint density at radius 3 is 2.76 bits per heavy atom. The first-order valence-electron chi connectivity index (χ1n) is 7.19. The third kappa shape index (κ3) is 3.43. The minimum Gasteiger partial charge on any atom is -0.309 e. The van der Waals surface area contributed by atoms with Gasteiger partial charge in [-0.2, -0.15) is 0 Å². The molecule has 0 fully saturated rings. The number of aromatic nitrogens is 3. The van der Waals surface area contributed by atoms with Crippen molar-refractivity contribution in [2.24, 2.45) is 0 Å². The first kappa shape index (κ1) is 14.1. The van der Waals surface area contributed by atoms with Gasteiger partial charge in [0.05, 0.1) is 15.2 Å². The molecule has 0 radical (unpaired) electrons. The molecule has 1 unspecified atom stereocenters. The summed E-state index contributed by atoms with van der Waals surface area (Å²) < 4.78 is 1.24. The molecule has 1 N–H and O–H groups in total. The Hall–Kier alpha value is -1.85. The largest absolute Gasteiger partial charge is 0.309 e. The predicted molar refractivity (Wildman–Crippen MR) is 86.4 cm³/mol. The maximum Gasteiger partial charge on any atom is 0.115 e. The van der Waals surface area contributed by atoms with E-state index in [-0.39, 0.29) is 6.04 Å². The fraction of sp³-hybridized carbons (Fsp3) is 0.312. The van der Waals surface area contributed by atoms with Gasteiger partial charge in [0.15, 0.2) is 0 Å². The van der Waals surface area contributed by atoms with Gasteiger partial charge in [-0.1, -0.05) is 19.1 Å². The van der Waals surface area contributed by atoms with Crippen LogP contribution in [0.1, 0.15) is 30.0 Å². The Kier molecular flexibility index (Phi) is 4.52. The highest BCUT2D eigenvalue weighted by molar-refractivity contribution is 7.18. The number of fused-ring (bicyclic) bond motifs is 1. The number of benzene rings is 1. The van der Waals surface area contributed by atoms with Crippen LogP contribution < -0.4 is 5.32 Å². The number of nitrogens with zero attached hydrogens (tertiary/aromatic N) is 3. The molecule has 1 atom stereocenters. The maximum atomic E-state index is 4.72. The second kappa shape index (κ2) is 6.74. The van der Waals surface area contributed by atoms with Gasteiger partial charge in [0.2, 0.25) is 0 Å². The van der Waals surface area contributed by atoms with Gasteiger partial charge in [0.25, 0.3) is 0 Å². The molecule has 0 spiro atoms. The Morgan fingerprint density at radius 2 is 2.00 bits per heavy atom. The van der Waals surface area contributed by atoms with E-state index >= 15 is 0 Å². The van der Waals surface area contributed by atoms with Crippen molar-refractivity contribution < 1.29 is 0 Å². The lowest BCUT2D eigenvalue weighted by molar-refractivity contribution is 0.525. The molecule has 0 aliphatic carbocycles. The highest BCUT2D eigenvalue weighted by Crippen LogP contribution is 2.25. The highest BCUT2D eigenvalue weighted by Gasteiger charge is 2.14. The fourth-order valence-corrected chi connectivity index (χ4v) is 3.31. The van der Waals surface area contributed by atoms with Crippen molar-refractivity contribution >= 4 is 21.6 Å². The Balaban J connectivity index is 1.83. The van der Waals surface area contributed by atoms with Crippen molar-refractivity contribution in [3.63, 3.8) is 0 Å². The topological polar surface area (TPSA) is 50.7 Å². The van der Waals surface area contributed by atoms with Crippen LogP contribution in [0.15, 0.2) is 43.0 Å². The molecule has 0 saturated heterocycles. The normalized spacial score (nSPS) is 12.6. The molecular formula is C16H18N4S. The molecule has 3 rings (SSSR count). The summed E-state index contributed by atoms with van der Waals surface area (Å²) in [7, 11) is 0. The summed E-state index contributed by atoms with van der Waals surface area (Å²) in [5.41, 5.74) is 2.20. The van der Waals surface area contributed by atoms with Crippen molar-refractivity contribution in [3.05, 3.63) is 53.6 Å². The van der Waals surface area contributed by atoms with Gasteiger partial charge in [0, 0.05) is 30.4 Å². The standard InChI is InChI=1S/C16H18N4S/c1-2-7-19-14(12-9-17-11-18-10-12)8-16-20-13-5-3-4-6-15(13)21-16/h3-6,9-11,14,19H,2,7-8H2,1H3. The number of hydrogen-bond acceptors (Lipinski definition) is 5. The quantitative estimate of drug-likeness (QED) is 0.758. The van der Waals surface area contributed by atoms with Crippen LogP contribution in [0.2, 0.25) is 0 Å². The fourth-order valence-electron chi connectivity index (χ4n) is 2.30. The molecule has 5 heteroatoms. The highest BCUT2D eigenvalue weighted by atomic mass is 32.1. The van der Waals surface area contributed by atoms with Gasteiger partial charge in [-0.15, -0.1) is 11.3 Å². The van der Waals surface area contributed by atoms with Gasteiger partial charge in [-0.25, -0.2) is 15.0 Å². The van der Waals surface area contributed by atoms with Gasteiger partial charge < -0.3 is 5.32 Å². The number of rotatable bonds is 6. The smallest absolute Gasteiger partial charge is 0.115 e. The van der Waals surface area contributed by atoms with Gasteiger partial charge >= 0.3 is 0 Å². The van der Waals surface area contributed by atoms with E-state index in [1.807, 2.05) is 18.5 Å². The van der Waals surface area contributed by atoms with Crippen molar-refractivity contribution in [3.8, 4) is 0 Å². The Labute approximate surface area is 128 Å². The molecule has 21 heavy (non-hydrogen) atoms. The van der Waals surface area contributed by atoms with E-state index in [1.165, 1.54) is 4.70 Å². The van der Waals surface area contributed by atoms with E-state index in [0.717, 1.165) is 35.5 Å². The zero-order valence-electron chi connectivity index (χ0n) is 12.0. The molecule has 0 saturated carbocycles. The van der Waals surface area contributed by atoms with E-state index in [4.69, 9.17) is 4.98 Å². The minimum atomic E-state index is 0.215. The van der Waals surface area contributed by atoms with Crippen molar-refractivity contribution in [2.45, 2.75) is 25.8 Å². The van der Waals surface area contributed by atoms with Crippen LogP contribution in [0.25, 0.3) is 10.2 Å². The molecule has 0 aliphatic rings. The molecule has 0 aliphatic heterocycles. The van der Waals surface area contributed by atoms with Crippen LogP contribution >= 0.6 is 11.3 Å². The van der Waals surface area contributed by atoms with Gasteiger partial charge in [-0.05, 0) is 25.1 Å². The first-order chi connectivity index (χ1) is 10.4. The van der Waals surface area contributed by atoms with Crippen molar-refractivity contribution in [1.82, 2.24) is 20.3 Å². The lowest BCUT2D eigenvalue weighted by Gasteiger charge is -2.16. The summed E-state index contributed by atoms with van der Waals surface area (Å²) in [4.78, 5) is 13.0. The lowest BCUT2D eigenvalue weighted by Crippen LogP contribution is -2.24. The molecule has 4 nitrogen and oxygen atoms in total. The summed E-state index contributed by atoms with van der Waals surface area (Å²) in [5, 5.41) is 4.71.